The van der Waals surface area contributed by atoms with Gasteiger partial charge in [-0.15, -0.1) is 0 Å². The van der Waals surface area contributed by atoms with Gasteiger partial charge in [-0.25, -0.2) is 0 Å². The molecule has 0 bridgehead atoms. The van der Waals surface area contributed by atoms with Crippen LogP contribution in [0.1, 0.15) is 49.4 Å². The lowest BCUT2D eigenvalue weighted by molar-refractivity contribution is -0.142. The number of hydrogen-bond acceptors (Lipinski definition) is 5. The van der Waals surface area contributed by atoms with Crippen LogP contribution < -0.4 is 0 Å². The molecule has 0 radical (unpaired) electrons. The van der Waals surface area contributed by atoms with Crippen molar-refractivity contribution >= 4 is 17.5 Å². The molecule has 0 rings (SSSR count). The minimum Gasteiger partial charge on any atom is -0.481 e. The number of carboxylic acid groups (broad SMARTS) is 1. The molecule has 0 aromatic rings. The molecular formula is C15H32O6. The smallest absolute Gasteiger partial charge is 0.304 e. The second kappa shape index (κ2) is 13.7. The van der Waals surface area contributed by atoms with Crippen molar-refractivity contribution in [3.8, 4) is 0 Å². The van der Waals surface area contributed by atoms with E-state index < -0.39 is 11.9 Å². The molecule has 0 heterocycles. The van der Waals surface area contributed by atoms with Crippen molar-refractivity contribution in [2.24, 2.45) is 5.92 Å². The van der Waals surface area contributed by atoms with Gasteiger partial charge >= 0.3 is 5.97 Å². The van der Waals surface area contributed by atoms with E-state index in [0.29, 0.717) is 6.42 Å². The van der Waals surface area contributed by atoms with Gasteiger partial charge in [-0.05, 0) is 27.7 Å². The van der Waals surface area contributed by atoms with Crippen LogP contribution in [0.5, 0.6) is 0 Å². The number of methoxy groups -OCH3 is 2. The third-order valence-corrected chi connectivity index (χ3v) is 2.83. The maximum absolute atomic E-state index is 10.9. The zero-order chi connectivity index (χ0) is 16.3. The summed E-state index contributed by atoms with van der Waals surface area (Å²) in [6.45, 7) is 6.51. The minimum absolute atomic E-state index is 0. The molecule has 0 amide bonds. The summed E-state index contributed by atoms with van der Waals surface area (Å²) in [5.41, 5.74) is 0. The summed E-state index contributed by atoms with van der Waals surface area (Å²) in [6.07, 6.45) is 0.104. The zero-order valence-electron chi connectivity index (χ0n) is 13.1. The predicted molar refractivity (Wildman–Crippen MR) is 83.5 cm³/mol. The molecule has 0 aromatic heterocycles. The Kier molecular flexibility index (Phi) is 16.1. The van der Waals surface area contributed by atoms with Crippen LogP contribution in [0.25, 0.3) is 0 Å². The molecular weight excluding hydrogens is 276 g/mol. The van der Waals surface area contributed by atoms with Gasteiger partial charge in [-0.2, -0.15) is 0 Å². The van der Waals surface area contributed by atoms with E-state index in [1.807, 2.05) is 6.92 Å². The first kappa shape index (κ1) is 24.7. The number of rotatable bonds is 8. The van der Waals surface area contributed by atoms with Gasteiger partial charge in [0, 0.05) is 22.1 Å². The monoisotopic (exact) mass is 309 g/mol. The highest BCUT2D eigenvalue weighted by Gasteiger charge is 2.24. The Morgan fingerprint density at radius 2 is 1.52 bits per heavy atom. The average molecular weight is 309 g/mol. The Labute approximate surface area is 129 Å². The number of hydrogen-bond donors (Lipinski definition) is 1. The number of aliphatic carboxylic acids is 1. The SMILES string of the molecule is C.COC(C)C(CC(=O)O)C(C)=O.COC(C)CC(C)=O.[2HH]. The quantitative estimate of drug-likeness (QED) is 0.741. The van der Waals surface area contributed by atoms with Crippen LogP contribution in [0.2, 0.25) is 0 Å². The lowest BCUT2D eigenvalue weighted by Gasteiger charge is -2.17. The molecule has 0 spiro atoms. The molecule has 0 aliphatic rings. The van der Waals surface area contributed by atoms with E-state index >= 15 is 0 Å². The van der Waals surface area contributed by atoms with Crippen LogP contribution in [0.4, 0.5) is 0 Å². The number of Topliss-reactive ketones (excluding diaryl/α,β-unsaturated/α-hetero) is 2. The molecule has 128 valence electrons. The molecule has 0 saturated heterocycles. The number of ether oxygens (including phenoxy) is 2. The maximum atomic E-state index is 10.9. The molecule has 21 heavy (non-hydrogen) atoms. The van der Waals surface area contributed by atoms with Crippen molar-refractivity contribution in [1.82, 2.24) is 0 Å². The van der Waals surface area contributed by atoms with Crippen LogP contribution in [-0.4, -0.2) is 49.1 Å². The fourth-order valence-corrected chi connectivity index (χ4v) is 1.48. The molecule has 0 saturated carbocycles. The van der Waals surface area contributed by atoms with Gasteiger partial charge < -0.3 is 14.6 Å². The van der Waals surface area contributed by atoms with Gasteiger partial charge in [0.15, 0.2) is 0 Å². The Bertz CT molecular complexity index is 319. The van der Waals surface area contributed by atoms with Crippen molar-refractivity contribution in [3.05, 3.63) is 0 Å². The lowest BCUT2D eigenvalue weighted by Crippen LogP contribution is -2.28. The fraction of sp³-hybridized carbons (Fsp3) is 0.800. The summed E-state index contributed by atoms with van der Waals surface area (Å²) in [6, 6.07) is 0. The first-order chi connectivity index (χ1) is 9.15. The largest absolute Gasteiger partial charge is 0.481 e. The summed E-state index contributed by atoms with van der Waals surface area (Å²) in [7, 11) is 3.07. The van der Waals surface area contributed by atoms with Crippen LogP contribution in [0.3, 0.4) is 0 Å². The van der Waals surface area contributed by atoms with E-state index in [-0.39, 0.29) is 39.0 Å². The van der Waals surface area contributed by atoms with E-state index in [2.05, 4.69) is 0 Å². The summed E-state index contributed by atoms with van der Waals surface area (Å²) < 4.78 is 9.73. The Morgan fingerprint density at radius 3 is 1.71 bits per heavy atom. The lowest BCUT2D eigenvalue weighted by atomic mass is 9.96. The van der Waals surface area contributed by atoms with E-state index in [0.717, 1.165) is 0 Å². The van der Waals surface area contributed by atoms with E-state index in [1.165, 1.54) is 14.0 Å². The molecule has 0 fully saturated rings. The van der Waals surface area contributed by atoms with Gasteiger partial charge in [0.25, 0.3) is 0 Å². The van der Waals surface area contributed by atoms with Gasteiger partial charge in [0.05, 0.1) is 24.5 Å². The fourth-order valence-electron chi connectivity index (χ4n) is 1.48. The second-order valence-corrected chi connectivity index (χ2v) is 4.71. The average Bonchev–Trinajstić information content (AvgIpc) is 2.34. The maximum Gasteiger partial charge on any atom is 0.304 e. The predicted octanol–water partition coefficient (Wildman–Crippen LogP) is 2.58. The van der Waals surface area contributed by atoms with Crippen LogP contribution in [0, 0.1) is 5.92 Å². The van der Waals surface area contributed by atoms with Crippen LogP contribution in [0.15, 0.2) is 0 Å². The molecule has 0 aromatic carbocycles. The standard InChI is InChI=1S/C8H14O4.C6H12O2.CH4.H2/c1-5(9)7(4-8(10)11)6(2)12-3;1-5(7)4-6(2)8-3;;/h6-7H,4H2,1-3H3,(H,10,11);6H,4H2,1-3H3;1H4;1H/i;;;1+1. The van der Waals surface area contributed by atoms with E-state index in [9.17, 15) is 14.4 Å². The highest BCUT2D eigenvalue weighted by molar-refractivity contribution is 5.83. The summed E-state index contributed by atoms with van der Waals surface area (Å²) in [5.74, 6) is -1.47. The van der Waals surface area contributed by atoms with E-state index in [1.54, 1.807) is 21.0 Å². The Hall–Kier alpha value is -1.27. The molecule has 3 atom stereocenters. The van der Waals surface area contributed by atoms with Gasteiger partial charge in [0.2, 0.25) is 0 Å². The van der Waals surface area contributed by atoms with Gasteiger partial charge in [-0.3, -0.25) is 14.4 Å². The summed E-state index contributed by atoms with van der Waals surface area (Å²) >= 11 is 0. The van der Waals surface area contributed by atoms with Crippen LogP contribution in [-0.2, 0) is 23.9 Å². The molecule has 3 unspecified atom stereocenters. The Morgan fingerprint density at radius 1 is 1.05 bits per heavy atom. The van der Waals surface area contributed by atoms with Gasteiger partial charge in [-0.1, -0.05) is 7.43 Å². The zero-order valence-corrected chi connectivity index (χ0v) is 13.1. The Balaban J connectivity index is -0.000000144. The molecule has 6 heteroatoms. The normalized spacial score (nSPS) is 13.8. The van der Waals surface area contributed by atoms with Crippen molar-refractivity contribution in [1.29, 1.82) is 0 Å². The summed E-state index contributed by atoms with van der Waals surface area (Å²) in [4.78, 5) is 31.6. The van der Waals surface area contributed by atoms with Crippen molar-refractivity contribution in [2.75, 3.05) is 14.2 Å². The van der Waals surface area contributed by atoms with Crippen LogP contribution >= 0.6 is 0 Å². The number of carboxylic acids is 1. The van der Waals surface area contributed by atoms with Crippen molar-refractivity contribution < 1.29 is 30.4 Å². The first-order valence-electron chi connectivity index (χ1n) is 6.42. The highest BCUT2D eigenvalue weighted by atomic mass is 16.5. The first-order valence-corrected chi connectivity index (χ1v) is 6.42. The van der Waals surface area contributed by atoms with E-state index in [4.69, 9.17) is 14.6 Å². The molecule has 0 aliphatic heterocycles. The third kappa shape index (κ3) is 14.9. The van der Waals surface area contributed by atoms with Crippen molar-refractivity contribution in [3.63, 3.8) is 0 Å². The number of ketones is 2. The van der Waals surface area contributed by atoms with Gasteiger partial charge in [0.1, 0.15) is 11.6 Å². The number of carbonyl (C=O) groups is 3. The van der Waals surface area contributed by atoms with Crippen molar-refractivity contribution in [2.45, 2.75) is 60.2 Å². The molecule has 1 N–H and O–H groups in total. The minimum atomic E-state index is -0.973. The highest BCUT2D eigenvalue weighted by Crippen LogP contribution is 2.12. The molecule has 0 aliphatic carbocycles. The second-order valence-electron chi connectivity index (χ2n) is 4.71. The number of carbonyl (C=O) groups excluding carboxylic acids is 2. The molecule has 6 nitrogen and oxygen atoms in total. The summed E-state index contributed by atoms with van der Waals surface area (Å²) in [5, 5.41) is 8.47. The topological polar surface area (TPSA) is 89.9 Å². The third-order valence-electron chi connectivity index (χ3n) is 2.83.